The molecule has 5 nitrogen and oxygen atoms in total. The van der Waals surface area contributed by atoms with Crippen LogP contribution in [0.3, 0.4) is 0 Å². The van der Waals surface area contributed by atoms with Gasteiger partial charge in [-0.1, -0.05) is 31.2 Å². The zero-order valence-corrected chi connectivity index (χ0v) is 17.0. The Kier molecular flexibility index (Phi) is 10.3. The Morgan fingerprint density at radius 3 is 2.54 bits per heavy atom. The molecular formula is C18H30IN3O2. The van der Waals surface area contributed by atoms with Gasteiger partial charge >= 0.3 is 0 Å². The Hall–Kier alpha value is -0.860. The molecule has 0 bridgehead atoms. The number of nitrogens with one attached hydrogen (secondary N) is 1. The highest BCUT2D eigenvalue weighted by Gasteiger charge is 2.13. The minimum atomic E-state index is 0. The van der Waals surface area contributed by atoms with Crippen LogP contribution in [0.15, 0.2) is 29.3 Å². The molecule has 1 aliphatic rings. The van der Waals surface area contributed by atoms with Gasteiger partial charge in [-0.2, -0.15) is 0 Å². The number of benzene rings is 1. The summed E-state index contributed by atoms with van der Waals surface area (Å²) in [6.07, 6.45) is 3.35. The van der Waals surface area contributed by atoms with Crippen LogP contribution in [-0.4, -0.2) is 31.3 Å². The molecule has 0 amide bonds. The molecule has 0 aromatic heterocycles. The molecule has 1 atom stereocenters. The van der Waals surface area contributed by atoms with Crippen molar-refractivity contribution in [3.05, 3.63) is 35.4 Å². The summed E-state index contributed by atoms with van der Waals surface area (Å²) < 4.78 is 11.3. The predicted molar refractivity (Wildman–Crippen MR) is 109 cm³/mol. The van der Waals surface area contributed by atoms with E-state index in [4.69, 9.17) is 15.2 Å². The van der Waals surface area contributed by atoms with Gasteiger partial charge in [-0.3, -0.25) is 0 Å². The fourth-order valence-electron chi connectivity index (χ4n) is 2.37. The van der Waals surface area contributed by atoms with E-state index in [0.29, 0.717) is 31.3 Å². The van der Waals surface area contributed by atoms with E-state index in [2.05, 4.69) is 48.4 Å². The van der Waals surface area contributed by atoms with Gasteiger partial charge < -0.3 is 20.5 Å². The molecule has 24 heavy (non-hydrogen) atoms. The Morgan fingerprint density at radius 2 is 1.92 bits per heavy atom. The number of aliphatic imine (C=N–C) groups is 1. The number of hydrogen-bond acceptors (Lipinski definition) is 3. The Labute approximate surface area is 162 Å². The van der Waals surface area contributed by atoms with Crippen LogP contribution in [0.1, 0.15) is 44.2 Å². The Morgan fingerprint density at radius 1 is 1.29 bits per heavy atom. The molecule has 1 aromatic carbocycles. The van der Waals surface area contributed by atoms with Crippen molar-refractivity contribution < 1.29 is 9.47 Å². The van der Waals surface area contributed by atoms with E-state index in [1.165, 1.54) is 5.56 Å². The minimum absolute atomic E-state index is 0. The summed E-state index contributed by atoms with van der Waals surface area (Å²) in [6.45, 7) is 7.09. The first-order valence-electron chi connectivity index (χ1n) is 8.51. The van der Waals surface area contributed by atoms with Gasteiger partial charge in [-0.05, 0) is 37.3 Å². The second-order valence-corrected chi connectivity index (χ2v) is 6.09. The average Bonchev–Trinajstić information content (AvgIpc) is 2.60. The van der Waals surface area contributed by atoms with Crippen molar-refractivity contribution in [2.75, 3.05) is 13.2 Å². The van der Waals surface area contributed by atoms with Crippen LogP contribution in [0, 0.1) is 0 Å². The summed E-state index contributed by atoms with van der Waals surface area (Å²) in [5.74, 6) is 0.506. The summed E-state index contributed by atoms with van der Waals surface area (Å²) in [5, 5.41) is 3.17. The standard InChI is InChI=1S/C18H29N3O2.HI/c1-3-14(2)21-18(19)20-12-15-4-6-16(7-5-15)13-23-17-8-10-22-11-9-17;/h4-7,14,17H,3,8-13H2,1-2H3,(H3,19,20,21);1H. The van der Waals surface area contributed by atoms with Crippen molar-refractivity contribution in [1.82, 2.24) is 5.32 Å². The first kappa shape index (κ1) is 21.2. The maximum absolute atomic E-state index is 5.93. The molecule has 1 aromatic rings. The van der Waals surface area contributed by atoms with Gasteiger partial charge in [0.2, 0.25) is 0 Å². The first-order valence-corrected chi connectivity index (χ1v) is 8.51. The number of halogens is 1. The molecule has 1 saturated heterocycles. The smallest absolute Gasteiger partial charge is 0.189 e. The molecule has 3 N–H and O–H groups in total. The molecule has 0 radical (unpaired) electrons. The average molecular weight is 447 g/mol. The van der Waals surface area contributed by atoms with Gasteiger partial charge in [0.05, 0.1) is 19.3 Å². The van der Waals surface area contributed by atoms with Crippen molar-refractivity contribution in [3.63, 3.8) is 0 Å². The van der Waals surface area contributed by atoms with Gasteiger partial charge in [-0.25, -0.2) is 4.99 Å². The molecule has 6 heteroatoms. The van der Waals surface area contributed by atoms with Crippen LogP contribution in [0.25, 0.3) is 0 Å². The molecule has 0 aliphatic carbocycles. The second kappa shape index (κ2) is 11.7. The lowest BCUT2D eigenvalue weighted by molar-refractivity contribution is -0.0390. The lowest BCUT2D eigenvalue weighted by Gasteiger charge is -2.22. The molecule has 2 rings (SSSR count). The molecule has 136 valence electrons. The quantitative estimate of drug-likeness (QED) is 0.383. The van der Waals surface area contributed by atoms with Crippen molar-refractivity contribution in [1.29, 1.82) is 0 Å². The van der Waals surface area contributed by atoms with E-state index in [-0.39, 0.29) is 24.0 Å². The number of hydrogen-bond donors (Lipinski definition) is 2. The minimum Gasteiger partial charge on any atom is -0.381 e. The summed E-state index contributed by atoms with van der Waals surface area (Å²) in [4.78, 5) is 4.37. The van der Waals surface area contributed by atoms with Crippen LogP contribution in [0.5, 0.6) is 0 Å². The fourth-order valence-corrected chi connectivity index (χ4v) is 2.37. The third-order valence-electron chi connectivity index (χ3n) is 4.12. The lowest BCUT2D eigenvalue weighted by Crippen LogP contribution is -2.38. The van der Waals surface area contributed by atoms with Crippen molar-refractivity contribution in [3.8, 4) is 0 Å². The number of nitrogens with zero attached hydrogens (tertiary/aromatic N) is 1. The van der Waals surface area contributed by atoms with E-state index >= 15 is 0 Å². The highest BCUT2D eigenvalue weighted by Crippen LogP contribution is 2.14. The van der Waals surface area contributed by atoms with E-state index in [9.17, 15) is 0 Å². The summed E-state index contributed by atoms with van der Waals surface area (Å²) in [6, 6.07) is 8.72. The Balaban J connectivity index is 0.00000288. The van der Waals surface area contributed by atoms with E-state index < -0.39 is 0 Å². The fraction of sp³-hybridized carbons (Fsp3) is 0.611. The van der Waals surface area contributed by atoms with Crippen LogP contribution in [-0.2, 0) is 22.6 Å². The molecule has 0 spiro atoms. The predicted octanol–water partition coefficient (Wildman–Crippen LogP) is 3.20. The summed E-state index contributed by atoms with van der Waals surface area (Å²) in [7, 11) is 0. The number of rotatable bonds is 7. The largest absolute Gasteiger partial charge is 0.381 e. The lowest BCUT2D eigenvalue weighted by atomic mass is 10.1. The Bertz CT molecular complexity index is 488. The third kappa shape index (κ3) is 7.81. The van der Waals surface area contributed by atoms with Gasteiger partial charge in [0.25, 0.3) is 0 Å². The zero-order chi connectivity index (χ0) is 16.5. The maximum Gasteiger partial charge on any atom is 0.189 e. The van der Waals surface area contributed by atoms with Gasteiger partial charge in [0.1, 0.15) is 0 Å². The van der Waals surface area contributed by atoms with Crippen molar-refractivity contribution >= 4 is 29.9 Å². The molecule has 1 unspecified atom stereocenters. The van der Waals surface area contributed by atoms with Crippen LogP contribution < -0.4 is 11.1 Å². The topological polar surface area (TPSA) is 68.9 Å². The van der Waals surface area contributed by atoms with E-state index in [0.717, 1.165) is 38.0 Å². The summed E-state index contributed by atoms with van der Waals surface area (Å²) in [5.41, 5.74) is 8.20. The van der Waals surface area contributed by atoms with Gasteiger partial charge in [-0.15, -0.1) is 24.0 Å². The molecule has 1 heterocycles. The van der Waals surface area contributed by atoms with E-state index in [1.54, 1.807) is 0 Å². The van der Waals surface area contributed by atoms with Crippen LogP contribution in [0.4, 0.5) is 0 Å². The number of ether oxygens (including phenoxy) is 2. The molecule has 0 saturated carbocycles. The first-order chi connectivity index (χ1) is 11.2. The normalized spacial score (nSPS) is 17.2. The van der Waals surface area contributed by atoms with Crippen LogP contribution in [0.2, 0.25) is 0 Å². The zero-order valence-electron chi connectivity index (χ0n) is 14.7. The highest BCUT2D eigenvalue weighted by atomic mass is 127. The molecule has 1 aliphatic heterocycles. The number of nitrogens with two attached hydrogens (primary N) is 1. The van der Waals surface area contributed by atoms with Crippen LogP contribution >= 0.6 is 24.0 Å². The van der Waals surface area contributed by atoms with Crippen molar-refractivity contribution in [2.24, 2.45) is 10.7 Å². The van der Waals surface area contributed by atoms with Gasteiger partial charge in [0.15, 0.2) is 5.96 Å². The van der Waals surface area contributed by atoms with E-state index in [1.807, 2.05) is 0 Å². The summed E-state index contributed by atoms with van der Waals surface area (Å²) >= 11 is 0. The second-order valence-electron chi connectivity index (χ2n) is 6.09. The highest BCUT2D eigenvalue weighted by molar-refractivity contribution is 14.0. The molecule has 1 fully saturated rings. The monoisotopic (exact) mass is 447 g/mol. The molecular weight excluding hydrogens is 417 g/mol. The van der Waals surface area contributed by atoms with Crippen molar-refractivity contribution in [2.45, 2.75) is 58.4 Å². The van der Waals surface area contributed by atoms with Gasteiger partial charge in [0, 0.05) is 19.3 Å². The maximum atomic E-state index is 5.93. The number of guanidine groups is 1. The SMILES string of the molecule is CCC(C)NC(N)=NCc1ccc(COC2CCOCC2)cc1.I. The third-order valence-corrected chi connectivity index (χ3v) is 4.12.